The number of unbranched alkanes of at least 4 members (excludes halogenated alkanes) is 12. The zero-order chi connectivity index (χ0) is 48.4. The number of hydrogen-bond acceptors (Lipinski definition) is 10. The summed E-state index contributed by atoms with van der Waals surface area (Å²) in [5.74, 6) is -1.57. The van der Waals surface area contributed by atoms with E-state index in [1.54, 1.807) is 0 Å². The van der Waals surface area contributed by atoms with E-state index in [9.17, 15) is 28.9 Å². The second-order valence-corrected chi connectivity index (χ2v) is 17.7. The quantitative estimate of drug-likeness (QED) is 0.0197. The molecule has 66 heavy (non-hydrogen) atoms. The highest BCUT2D eigenvalue weighted by molar-refractivity contribution is 7.47. The van der Waals surface area contributed by atoms with Crippen LogP contribution >= 0.6 is 7.82 Å². The van der Waals surface area contributed by atoms with Crippen LogP contribution in [-0.4, -0.2) is 66.5 Å². The lowest BCUT2D eigenvalue weighted by Gasteiger charge is -2.21. The van der Waals surface area contributed by atoms with Gasteiger partial charge in [0, 0.05) is 19.3 Å². The fourth-order valence-corrected chi connectivity index (χ4v) is 7.00. The van der Waals surface area contributed by atoms with Crippen LogP contribution in [0.25, 0.3) is 0 Å². The zero-order valence-corrected chi connectivity index (χ0v) is 42.0. The summed E-state index contributed by atoms with van der Waals surface area (Å²) in [7, 11) is -4.76. The van der Waals surface area contributed by atoms with Crippen molar-refractivity contribution in [3.63, 3.8) is 0 Å². The van der Waals surface area contributed by atoms with E-state index in [1.807, 2.05) is 0 Å². The minimum absolute atomic E-state index is 0.109. The number of esters is 3. The number of carbonyl (C=O) groups excluding carboxylic acids is 3. The number of phosphoric acid groups is 1. The normalized spacial score (nSPS) is 14.3. The van der Waals surface area contributed by atoms with Gasteiger partial charge in [0.25, 0.3) is 0 Å². The monoisotopic (exact) mass is 945 g/mol. The summed E-state index contributed by atoms with van der Waals surface area (Å²) in [6.45, 7) is 4.26. The highest BCUT2D eigenvalue weighted by Crippen LogP contribution is 2.43. The first-order valence-corrected chi connectivity index (χ1v) is 26.6. The molecule has 0 aromatic rings. The van der Waals surface area contributed by atoms with E-state index in [0.29, 0.717) is 19.3 Å². The van der Waals surface area contributed by atoms with Crippen LogP contribution in [0.4, 0.5) is 0 Å². The molecule has 0 saturated heterocycles. The van der Waals surface area contributed by atoms with Gasteiger partial charge in [-0.2, -0.15) is 0 Å². The van der Waals surface area contributed by atoms with E-state index < -0.39 is 57.8 Å². The van der Waals surface area contributed by atoms with Crippen molar-refractivity contribution in [1.82, 2.24) is 0 Å². The van der Waals surface area contributed by atoms with Crippen molar-refractivity contribution >= 4 is 25.7 Å². The third-order valence-corrected chi connectivity index (χ3v) is 11.0. The van der Waals surface area contributed by atoms with Gasteiger partial charge in [0.05, 0.1) is 19.8 Å². The number of phosphoric ester groups is 1. The first-order valence-electron chi connectivity index (χ1n) is 25.1. The Morgan fingerprint density at radius 2 is 0.788 bits per heavy atom. The van der Waals surface area contributed by atoms with Crippen LogP contribution < -0.4 is 0 Å². The topological polar surface area (TPSA) is 155 Å². The Morgan fingerprint density at radius 1 is 0.439 bits per heavy atom. The van der Waals surface area contributed by atoms with Gasteiger partial charge in [-0.3, -0.25) is 23.4 Å². The van der Waals surface area contributed by atoms with Gasteiger partial charge in [-0.05, 0) is 96.3 Å². The zero-order valence-electron chi connectivity index (χ0n) is 41.1. The molecule has 0 aliphatic carbocycles. The molecule has 0 rings (SSSR count). The number of aliphatic hydroxyl groups is 1. The van der Waals surface area contributed by atoms with Crippen molar-refractivity contribution < 1.29 is 52.2 Å². The molecule has 0 aromatic heterocycles. The average Bonchev–Trinajstić information content (AvgIpc) is 3.30. The van der Waals surface area contributed by atoms with Crippen LogP contribution in [-0.2, 0) is 42.2 Å². The molecule has 0 aliphatic rings. The molecule has 0 bridgehead atoms. The molecule has 0 aromatic carbocycles. The lowest BCUT2D eigenvalue weighted by Crippen LogP contribution is -2.30. The van der Waals surface area contributed by atoms with Gasteiger partial charge in [-0.1, -0.05) is 169 Å². The molecule has 0 spiro atoms. The summed E-state index contributed by atoms with van der Waals surface area (Å²) < 4.78 is 39.2. The third-order valence-electron chi connectivity index (χ3n) is 10.0. The molecular formula is C54H89O11P. The average molecular weight is 945 g/mol. The van der Waals surface area contributed by atoms with E-state index >= 15 is 0 Å². The van der Waals surface area contributed by atoms with Crippen molar-refractivity contribution in [2.75, 3.05) is 26.4 Å². The molecule has 2 N–H and O–H groups in total. The fourth-order valence-electron chi connectivity index (χ4n) is 6.22. The minimum Gasteiger partial charge on any atom is -0.462 e. The van der Waals surface area contributed by atoms with E-state index in [0.717, 1.165) is 96.3 Å². The summed E-state index contributed by atoms with van der Waals surface area (Å²) in [5, 5.41) is 9.76. The molecule has 11 nitrogen and oxygen atoms in total. The van der Waals surface area contributed by atoms with Gasteiger partial charge in [0.1, 0.15) is 12.7 Å². The highest BCUT2D eigenvalue weighted by Gasteiger charge is 2.28. The smallest absolute Gasteiger partial charge is 0.462 e. The summed E-state index contributed by atoms with van der Waals surface area (Å²) in [6, 6.07) is 0. The third kappa shape index (κ3) is 45.6. The molecule has 0 heterocycles. The van der Waals surface area contributed by atoms with Crippen molar-refractivity contribution in [2.24, 2.45) is 0 Å². The fraction of sp³-hybridized carbons (Fsp3) is 0.648. The molecule has 376 valence electrons. The largest absolute Gasteiger partial charge is 0.472 e. The van der Waals surface area contributed by atoms with Gasteiger partial charge in [-0.15, -0.1) is 0 Å². The Labute approximate surface area is 400 Å². The maximum Gasteiger partial charge on any atom is 0.472 e. The van der Waals surface area contributed by atoms with Crippen molar-refractivity contribution in [3.8, 4) is 0 Å². The van der Waals surface area contributed by atoms with E-state index in [-0.39, 0.29) is 25.9 Å². The predicted octanol–water partition coefficient (Wildman–Crippen LogP) is 14.1. The van der Waals surface area contributed by atoms with Gasteiger partial charge < -0.3 is 24.2 Å². The maximum atomic E-state index is 12.8. The maximum absolute atomic E-state index is 12.8. The van der Waals surface area contributed by atoms with Crippen LogP contribution in [0.3, 0.4) is 0 Å². The molecule has 0 radical (unpaired) electrons. The molecule has 3 atom stereocenters. The van der Waals surface area contributed by atoms with E-state index in [4.69, 9.17) is 23.3 Å². The van der Waals surface area contributed by atoms with E-state index in [1.165, 1.54) is 32.1 Å². The second kappa shape index (κ2) is 47.9. The van der Waals surface area contributed by atoms with Gasteiger partial charge >= 0.3 is 25.7 Å². The number of aliphatic hydroxyl groups excluding tert-OH is 1. The molecule has 0 saturated carbocycles. The number of rotatable bonds is 45. The summed E-state index contributed by atoms with van der Waals surface area (Å²) in [4.78, 5) is 48.2. The Hall–Kier alpha value is -3.60. The number of hydrogen-bond donors (Lipinski definition) is 2. The van der Waals surface area contributed by atoms with Gasteiger partial charge in [0.15, 0.2) is 6.10 Å². The molecule has 0 fully saturated rings. The van der Waals surface area contributed by atoms with E-state index in [2.05, 4.69) is 118 Å². The Kier molecular flexibility index (Phi) is 45.3. The number of ether oxygens (including phenoxy) is 3. The SMILES string of the molecule is CC/C=C\C/C=C\C/C=C\C/C=C\CCCCC(=O)OC(CO)COP(=O)(O)OCC(COC(=O)CCCCCCCCCCC)OC(=O)CCCC/C=C\C/C=C\C/C=C\C/C=C\CC. The lowest BCUT2D eigenvalue weighted by atomic mass is 10.1. The van der Waals surface area contributed by atoms with Crippen LogP contribution in [0.1, 0.15) is 188 Å². The summed E-state index contributed by atoms with van der Waals surface area (Å²) in [5.41, 5.74) is 0. The first kappa shape index (κ1) is 62.4. The van der Waals surface area contributed by atoms with Crippen LogP contribution in [0.15, 0.2) is 97.2 Å². The van der Waals surface area contributed by atoms with Gasteiger partial charge in [-0.25, -0.2) is 4.57 Å². The molecule has 12 heteroatoms. The predicted molar refractivity (Wildman–Crippen MR) is 270 cm³/mol. The summed E-state index contributed by atoms with van der Waals surface area (Å²) >= 11 is 0. The number of allylic oxidation sites excluding steroid dienone is 16. The molecular weight excluding hydrogens is 856 g/mol. The first-order chi connectivity index (χ1) is 32.2. The number of carbonyl (C=O) groups is 3. The molecule has 0 aliphatic heterocycles. The van der Waals surface area contributed by atoms with Crippen molar-refractivity contribution in [1.29, 1.82) is 0 Å². The lowest BCUT2D eigenvalue weighted by molar-refractivity contribution is -0.161. The molecule has 3 unspecified atom stereocenters. The minimum atomic E-state index is -4.76. The standard InChI is InChI=1S/C54H89O11P/c1-4-7-10-13-16-19-21-23-25-27-29-32-35-38-41-44-53(57)64-50(46-55)48-62-66(59,60)63-49-51(47-61-52(56)43-40-37-34-31-18-15-12-9-6-3)65-54(58)45-42-39-36-33-30-28-26-24-22-20-17-14-11-8-5-2/h7-8,10-11,16-17,19-20,23-26,29-30,32-33,50-51,55H,4-6,9,12-15,18,21-22,27-28,31,34-49H2,1-3H3,(H,59,60)/b10-7-,11-8-,19-16-,20-17-,25-23-,26-24-,32-29-,33-30-. The Morgan fingerprint density at radius 3 is 1.21 bits per heavy atom. The van der Waals surface area contributed by atoms with Crippen LogP contribution in [0.5, 0.6) is 0 Å². The Bertz CT molecular complexity index is 1480. The summed E-state index contributed by atoms with van der Waals surface area (Å²) in [6.07, 6.45) is 54.0. The van der Waals surface area contributed by atoms with Crippen molar-refractivity contribution in [3.05, 3.63) is 97.2 Å². The van der Waals surface area contributed by atoms with Gasteiger partial charge in [0.2, 0.25) is 0 Å². The highest BCUT2D eigenvalue weighted by atomic mass is 31.2. The van der Waals surface area contributed by atoms with Crippen LogP contribution in [0.2, 0.25) is 0 Å². The second-order valence-electron chi connectivity index (χ2n) is 16.2. The molecule has 0 amide bonds. The van der Waals surface area contributed by atoms with Crippen molar-refractivity contribution in [2.45, 2.75) is 200 Å². The Balaban J connectivity index is 4.82. The van der Waals surface area contributed by atoms with Crippen LogP contribution in [0, 0.1) is 0 Å².